The quantitative estimate of drug-likeness (QED) is 0.874. The van der Waals surface area contributed by atoms with Crippen LogP contribution in [0.2, 0.25) is 0 Å². The van der Waals surface area contributed by atoms with Crippen LogP contribution in [0.3, 0.4) is 0 Å². The van der Waals surface area contributed by atoms with Crippen LogP contribution in [0.4, 0.5) is 0 Å². The first kappa shape index (κ1) is 11.5. The first-order chi connectivity index (χ1) is 8.22. The summed E-state index contributed by atoms with van der Waals surface area (Å²) in [5.41, 5.74) is 2.30. The Morgan fingerprint density at radius 3 is 2.71 bits per heavy atom. The van der Waals surface area contributed by atoms with Crippen LogP contribution in [0.25, 0.3) is 0 Å². The van der Waals surface area contributed by atoms with E-state index in [4.69, 9.17) is 4.74 Å². The molecule has 0 aliphatic heterocycles. The zero-order valence-electron chi connectivity index (χ0n) is 9.79. The lowest BCUT2D eigenvalue weighted by molar-refractivity contribution is 0.207. The standard InChI is InChI=1S/C13H14N2O2/c1-9-4-3-5-10(8-9)12(16)11-13(17-2)15-7-6-14-11/h3-8,12,16H,1-2H3. The number of aliphatic hydroxyl groups is 1. The molecule has 1 atom stereocenters. The summed E-state index contributed by atoms with van der Waals surface area (Å²) in [7, 11) is 1.51. The zero-order valence-corrected chi connectivity index (χ0v) is 9.79. The molecule has 0 saturated heterocycles. The lowest BCUT2D eigenvalue weighted by Gasteiger charge is -2.13. The van der Waals surface area contributed by atoms with Crippen molar-refractivity contribution in [3.63, 3.8) is 0 Å². The monoisotopic (exact) mass is 230 g/mol. The fourth-order valence-electron chi connectivity index (χ4n) is 1.68. The Hall–Kier alpha value is -1.94. The van der Waals surface area contributed by atoms with Gasteiger partial charge in [0.05, 0.1) is 7.11 Å². The second-order valence-electron chi connectivity index (χ2n) is 3.77. The number of aliphatic hydroxyl groups excluding tert-OH is 1. The Labute approximate surface area is 99.9 Å². The molecule has 1 unspecified atom stereocenters. The van der Waals surface area contributed by atoms with E-state index in [9.17, 15) is 5.11 Å². The van der Waals surface area contributed by atoms with E-state index >= 15 is 0 Å². The van der Waals surface area contributed by atoms with Crippen LogP contribution in [0, 0.1) is 6.92 Å². The molecule has 0 amide bonds. The summed E-state index contributed by atoms with van der Waals surface area (Å²) in [6.07, 6.45) is 2.25. The number of aromatic nitrogens is 2. The number of hydrogen-bond donors (Lipinski definition) is 1. The molecule has 0 radical (unpaired) electrons. The van der Waals surface area contributed by atoms with Gasteiger partial charge < -0.3 is 9.84 Å². The molecular weight excluding hydrogens is 216 g/mol. The van der Waals surface area contributed by atoms with Crippen molar-refractivity contribution >= 4 is 0 Å². The molecule has 2 aromatic rings. The van der Waals surface area contributed by atoms with Gasteiger partial charge in [-0.15, -0.1) is 0 Å². The Morgan fingerprint density at radius 1 is 1.24 bits per heavy atom. The van der Waals surface area contributed by atoms with Gasteiger partial charge in [-0.3, -0.25) is 4.98 Å². The average molecular weight is 230 g/mol. The highest BCUT2D eigenvalue weighted by molar-refractivity contribution is 5.32. The summed E-state index contributed by atoms with van der Waals surface area (Å²) in [5, 5.41) is 10.2. The van der Waals surface area contributed by atoms with Gasteiger partial charge in [0.1, 0.15) is 11.8 Å². The minimum atomic E-state index is -0.821. The van der Waals surface area contributed by atoms with Gasteiger partial charge in [0.25, 0.3) is 0 Å². The number of benzene rings is 1. The van der Waals surface area contributed by atoms with Crippen molar-refractivity contribution in [3.05, 3.63) is 53.5 Å². The third-order valence-electron chi connectivity index (χ3n) is 2.50. The largest absolute Gasteiger partial charge is 0.480 e. The summed E-state index contributed by atoms with van der Waals surface area (Å²) < 4.78 is 5.08. The van der Waals surface area contributed by atoms with Gasteiger partial charge in [-0.25, -0.2) is 4.98 Å². The molecular formula is C13H14N2O2. The minimum absolute atomic E-state index is 0.349. The average Bonchev–Trinajstić information content (AvgIpc) is 2.38. The molecule has 1 aromatic carbocycles. The lowest BCUT2D eigenvalue weighted by Crippen LogP contribution is -2.06. The maximum Gasteiger partial charge on any atom is 0.238 e. The number of hydrogen-bond acceptors (Lipinski definition) is 4. The van der Waals surface area contributed by atoms with E-state index in [1.54, 1.807) is 0 Å². The molecule has 0 aliphatic rings. The van der Waals surface area contributed by atoms with Gasteiger partial charge in [-0.2, -0.15) is 0 Å². The lowest BCUT2D eigenvalue weighted by atomic mass is 10.0. The van der Waals surface area contributed by atoms with E-state index < -0.39 is 6.10 Å². The SMILES string of the molecule is COc1nccnc1C(O)c1cccc(C)c1. The molecule has 2 rings (SSSR count). The number of nitrogens with zero attached hydrogens (tertiary/aromatic N) is 2. The van der Waals surface area contributed by atoms with Crippen LogP contribution in [0.1, 0.15) is 22.9 Å². The molecule has 88 valence electrons. The van der Waals surface area contributed by atoms with Gasteiger partial charge in [0.2, 0.25) is 5.88 Å². The van der Waals surface area contributed by atoms with Crippen molar-refractivity contribution in [1.29, 1.82) is 0 Å². The molecule has 4 nitrogen and oxygen atoms in total. The van der Waals surface area contributed by atoms with Gasteiger partial charge in [0.15, 0.2) is 0 Å². The maximum atomic E-state index is 10.2. The summed E-state index contributed by atoms with van der Waals surface area (Å²) in [6, 6.07) is 7.64. The molecule has 4 heteroatoms. The summed E-state index contributed by atoms with van der Waals surface area (Å²) in [5.74, 6) is 0.349. The first-order valence-corrected chi connectivity index (χ1v) is 5.32. The van der Waals surface area contributed by atoms with Crippen molar-refractivity contribution < 1.29 is 9.84 Å². The van der Waals surface area contributed by atoms with Crippen molar-refractivity contribution in [2.45, 2.75) is 13.0 Å². The van der Waals surface area contributed by atoms with Crippen molar-refractivity contribution in [3.8, 4) is 5.88 Å². The molecule has 0 fully saturated rings. The van der Waals surface area contributed by atoms with E-state index in [1.807, 2.05) is 31.2 Å². The van der Waals surface area contributed by atoms with Crippen LogP contribution in [0.5, 0.6) is 5.88 Å². The molecule has 1 aromatic heterocycles. The summed E-state index contributed by atoms with van der Waals surface area (Å²) >= 11 is 0. The molecule has 0 saturated carbocycles. The first-order valence-electron chi connectivity index (χ1n) is 5.32. The number of aryl methyl sites for hydroxylation is 1. The van der Waals surface area contributed by atoms with E-state index in [-0.39, 0.29) is 0 Å². The highest BCUT2D eigenvalue weighted by Gasteiger charge is 2.17. The second-order valence-corrected chi connectivity index (χ2v) is 3.77. The Bertz CT molecular complexity index is 514. The number of rotatable bonds is 3. The Balaban J connectivity index is 2.40. The molecule has 0 bridgehead atoms. The van der Waals surface area contributed by atoms with E-state index in [2.05, 4.69) is 9.97 Å². The third kappa shape index (κ3) is 2.42. The van der Waals surface area contributed by atoms with Gasteiger partial charge >= 0.3 is 0 Å². The summed E-state index contributed by atoms with van der Waals surface area (Å²) in [6.45, 7) is 1.98. The van der Waals surface area contributed by atoms with Crippen LogP contribution >= 0.6 is 0 Å². The van der Waals surface area contributed by atoms with Crippen molar-refractivity contribution in [2.24, 2.45) is 0 Å². The topological polar surface area (TPSA) is 55.2 Å². The van der Waals surface area contributed by atoms with Gasteiger partial charge in [-0.05, 0) is 12.5 Å². The highest BCUT2D eigenvalue weighted by Crippen LogP contribution is 2.26. The smallest absolute Gasteiger partial charge is 0.238 e. The van der Waals surface area contributed by atoms with Crippen LogP contribution in [-0.2, 0) is 0 Å². The van der Waals surface area contributed by atoms with Crippen LogP contribution in [0.15, 0.2) is 36.7 Å². The molecule has 0 spiro atoms. The van der Waals surface area contributed by atoms with Crippen molar-refractivity contribution in [1.82, 2.24) is 9.97 Å². The van der Waals surface area contributed by atoms with Gasteiger partial charge in [0, 0.05) is 12.4 Å². The predicted molar refractivity (Wildman–Crippen MR) is 63.8 cm³/mol. The fraction of sp³-hybridized carbons (Fsp3) is 0.231. The van der Waals surface area contributed by atoms with E-state index in [1.165, 1.54) is 19.5 Å². The maximum absolute atomic E-state index is 10.2. The number of methoxy groups -OCH3 is 1. The normalized spacial score (nSPS) is 12.2. The molecule has 1 heterocycles. The minimum Gasteiger partial charge on any atom is -0.480 e. The fourth-order valence-corrected chi connectivity index (χ4v) is 1.68. The van der Waals surface area contributed by atoms with Crippen LogP contribution < -0.4 is 4.74 Å². The van der Waals surface area contributed by atoms with Gasteiger partial charge in [-0.1, -0.05) is 29.8 Å². The zero-order chi connectivity index (χ0) is 12.3. The van der Waals surface area contributed by atoms with E-state index in [0.29, 0.717) is 11.6 Å². The third-order valence-corrected chi connectivity index (χ3v) is 2.50. The Morgan fingerprint density at radius 2 is 2.00 bits per heavy atom. The number of ether oxygens (including phenoxy) is 1. The van der Waals surface area contributed by atoms with E-state index in [0.717, 1.165) is 11.1 Å². The highest BCUT2D eigenvalue weighted by atomic mass is 16.5. The molecule has 0 aliphatic carbocycles. The Kier molecular flexibility index (Phi) is 3.35. The predicted octanol–water partition coefficient (Wildman–Crippen LogP) is 1.88. The molecule has 17 heavy (non-hydrogen) atoms. The van der Waals surface area contributed by atoms with Crippen molar-refractivity contribution in [2.75, 3.05) is 7.11 Å². The molecule has 1 N–H and O–H groups in total. The van der Waals surface area contributed by atoms with Crippen LogP contribution in [-0.4, -0.2) is 22.2 Å². The second kappa shape index (κ2) is 4.93. The summed E-state index contributed by atoms with van der Waals surface area (Å²) in [4.78, 5) is 8.14.